The second-order valence-electron chi connectivity index (χ2n) is 3.63. The van der Waals surface area contributed by atoms with E-state index in [0.29, 0.717) is 11.4 Å². The summed E-state index contributed by atoms with van der Waals surface area (Å²) in [5, 5.41) is 2.71. The van der Waals surface area contributed by atoms with E-state index >= 15 is 0 Å². The Morgan fingerprint density at radius 1 is 1.29 bits per heavy atom. The molecule has 0 aliphatic rings. The Bertz CT molecular complexity index is 432. The topological polar surface area (TPSA) is 55.4 Å². The second kappa shape index (κ2) is 6.39. The summed E-state index contributed by atoms with van der Waals surface area (Å²) < 4.78 is 5.90. The van der Waals surface area contributed by atoms with E-state index < -0.39 is 0 Å². The van der Waals surface area contributed by atoms with E-state index in [4.69, 9.17) is 4.74 Å². The summed E-state index contributed by atoms with van der Waals surface area (Å²) in [5.74, 6) is 0.480. The molecule has 4 nitrogen and oxygen atoms in total. The van der Waals surface area contributed by atoms with Crippen molar-refractivity contribution in [1.82, 2.24) is 0 Å². The zero-order valence-corrected chi connectivity index (χ0v) is 11.3. The molecule has 0 fully saturated rings. The Kier molecular flexibility index (Phi) is 5.15. The van der Waals surface area contributed by atoms with Crippen molar-refractivity contribution in [3.05, 3.63) is 22.7 Å². The van der Waals surface area contributed by atoms with Crippen LogP contribution in [0.5, 0.6) is 5.75 Å². The normalized spacial score (nSPS) is 9.82. The predicted molar refractivity (Wildman–Crippen MR) is 69.2 cm³/mol. The summed E-state index contributed by atoms with van der Waals surface area (Å²) in [7, 11) is 1.56. The monoisotopic (exact) mass is 299 g/mol. The number of benzene rings is 1. The van der Waals surface area contributed by atoms with Gasteiger partial charge in [-0.3, -0.25) is 4.79 Å². The third kappa shape index (κ3) is 4.99. The molecule has 0 atom stereocenters. The first-order valence-electron chi connectivity index (χ1n) is 5.15. The number of Topliss-reactive ketones (excluding diaryl/α,β-unsaturated/α-hetero) is 1. The third-order valence-electron chi connectivity index (χ3n) is 2.09. The van der Waals surface area contributed by atoms with Crippen LogP contribution in [0, 0.1) is 0 Å². The van der Waals surface area contributed by atoms with E-state index in [1.807, 2.05) is 0 Å². The maximum absolute atomic E-state index is 11.5. The van der Waals surface area contributed by atoms with Crippen molar-refractivity contribution in [1.29, 1.82) is 0 Å². The standard InChI is InChI=1S/C12H14BrNO3/c1-8(15)3-4-12(16)14-10-5-9(13)6-11(7-10)17-2/h5-7H,3-4H2,1-2H3,(H,14,16). The van der Waals surface area contributed by atoms with Gasteiger partial charge in [0.15, 0.2) is 0 Å². The van der Waals surface area contributed by atoms with Gasteiger partial charge in [0.05, 0.1) is 7.11 Å². The molecule has 1 rings (SSSR count). The highest BCUT2D eigenvalue weighted by atomic mass is 79.9. The van der Waals surface area contributed by atoms with Crippen LogP contribution in [0.1, 0.15) is 19.8 Å². The van der Waals surface area contributed by atoms with Crippen LogP contribution in [0.4, 0.5) is 5.69 Å². The molecule has 0 saturated carbocycles. The van der Waals surface area contributed by atoms with Crippen molar-refractivity contribution >= 4 is 33.3 Å². The van der Waals surface area contributed by atoms with Gasteiger partial charge in [-0.05, 0) is 19.1 Å². The SMILES string of the molecule is COc1cc(Br)cc(NC(=O)CCC(C)=O)c1. The molecule has 1 amide bonds. The molecule has 1 N–H and O–H groups in total. The van der Waals surface area contributed by atoms with Crippen LogP contribution in [-0.2, 0) is 9.59 Å². The first-order valence-corrected chi connectivity index (χ1v) is 5.94. The molecule has 0 spiro atoms. The first-order chi connectivity index (χ1) is 8.01. The van der Waals surface area contributed by atoms with Crippen molar-refractivity contribution in [2.24, 2.45) is 0 Å². The number of rotatable bonds is 5. The van der Waals surface area contributed by atoms with Crippen LogP contribution in [0.15, 0.2) is 22.7 Å². The fourth-order valence-electron chi connectivity index (χ4n) is 1.27. The fraction of sp³-hybridized carbons (Fsp3) is 0.333. The molecule has 0 radical (unpaired) electrons. The smallest absolute Gasteiger partial charge is 0.224 e. The summed E-state index contributed by atoms with van der Waals surface area (Å²) in [6, 6.07) is 5.29. The molecular formula is C12H14BrNO3. The number of methoxy groups -OCH3 is 1. The van der Waals surface area contributed by atoms with Crippen molar-refractivity contribution in [2.75, 3.05) is 12.4 Å². The van der Waals surface area contributed by atoms with Crippen LogP contribution in [0.3, 0.4) is 0 Å². The van der Waals surface area contributed by atoms with Gasteiger partial charge >= 0.3 is 0 Å². The Morgan fingerprint density at radius 2 is 2.00 bits per heavy atom. The van der Waals surface area contributed by atoms with E-state index in [9.17, 15) is 9.59 Å². The number of ether oxygens (including phenoxy) is 1. The van der Waals surface area contributed by atoms with Crippen LogP contribution in [0.2, 0.25) is 0 Å². The molecule has 5 heteroatoms. The van der Waals surface area contributed by atoms with E-state index in [2.05, 4.69) is 21.2 Å². The number of halogens is 1. The minimum absolute atomic E-state index is 0.00646. The van der Waals surface area contributed by atoms with Crippen LogP contribution >= 0.6 is 15.9 Å². The van der Waals surface area contributed by atoms with Gasteiger partial charge in [-0.1, -0.05) is 15.9 Å². The Hall–Kier alpha value is -1.36. The summed E-state index contributed by atoms with van der Waals surface area (Å²) in [6.07, 6.45) is 0.459. The lowest BCUT2D eigenvalue weighted by molar-refractivity contribution is -0.121. The van der Waals surface area contributed by atoms with Gasteiger partial charge in [-0.25, -0.2) is 0 Å². The lowest BCUT2D eigenvalue weighted by Crippen LogP contribution is -2.12. The number of carbonyl (C=O) groups excluding carboxylic acids is 2. The van der Waals surface area contributed by atoms with E-state index in [1.165, 1.54) is 6.92 Å². The fourth-order valence-corrected chi connectivity index (χ4v) is 1.74. The number of amides is 1. The largest absolute Gasteiger partial charge is 0.497 e. The average molecular weight is 300 g/mol. The van der Waals surface area contributed by atoms with Gasteiger partial charge in [-0.15, -0.1) is 0 Å². The van der Waals surface area contributed by atoms with Crippen molar-refractivity contribution < 1.29 is 14.3 Å². The molecule has 0 saturated heterocycles. The molecule has 0 unspecified atom stereocenters. The minimum Gasteiger partial charge on any atom is -0.497 e. The number of ketones is 1. The second-order valence-corrected chi connectivity index (χ2v) is 4.55. The first kappa shape index (κ1) is 13.7. The maximum atomic E-state index is 11.5. The highest BCUT2D eigenvalue weighted by molar-refractivity contribution is 9.10. The lowest BCUT2D eigenvalue weighted by atomic mass is 10.2. The molecule has 0 aliphatic carbocycles. The van der Waals surface area contributed by atoms with Gasteiger partial charge in [0.2, 0.25) is 5.91 Å². The molecule has 92 valence electrons. The Labute approximate surface area is 108 Å². The highest BCUT2D eigenvalue weighted by Gasteiger charge is 2.06. The number of anilines is 1. The van der Waals surface area contributed by atoms with E-state index in [1.54, 1.807) is 25.3 Å². The van der Waals surface area contributed by atoms with E-state index in [-0.39, 0.29) is 24.5 Å². The van der Waals surface area contributed by atoms with Gasteiger partial charge in [0.1, 0.15) is 11.5 Å². The molecule has 0 aromatic heterocycles. The zero-order valence-electron chi connectivity index (χ0n) is 9.75. The van der Waals surface area contributed by atoms with Crippen molar-refractivity contribution in [2.45, 2.75) is 19.8 Å². The number of nitrogens with one attached hydrogen (secondary N) is 1. The molecule has 0 aliphatic heterocycles. The molecule has 1 aromatic rings. The van der Waals surface area contributed by atoms with Crippen molar-refractivity contribution in [3.8, 4) is 5.75 Å². The molecule has 0 heterocycles. The summed E-state index contributed by atoms with van der Waals surface area (Å²) in [6.45, 7) is 1.47. The number of hydrogen-bond donors (Lipinski definition) is 1. The molecule has 0 bridgehead atoms. The predicted octanol–water partition coefficient (Wildman–Crippen LogP) is 2.77. The quantitative estimate of drug-likeness (QED) is 0.909. The van der Waals surface area contributed by atoms with Gasteiger partial charge < -0.3 is 14.8 Å². The zero-order chi connectivity index (χ0) is 12.8. The van der Waals surface area contributed by atoms with Crippen LogP contribution in [-0.4, -0.2) is 18.8 Å². The summed E-state index contributed by atoms with van der Waals surface area (Å²) >= 11 is 3.32. The van der Waals surface area contributed by atoms with Crippen LogP contribution in [0.25, 0.3) is 0 Å². The van der Waals surface area contributed by atoms with Crippen LogP contribution < -0.4 is 10.1 Å². The Morgan fingerprint density at radius 3 is 2.59 bits per heavy atom. The molecule has 1 aromatic carbocycles. The molecular weight excluding hydrogens is 286 g/mol. The van der Waals surface area contributed by atoms with E-state index in [0.717, 1.165) is 4.47 Å². The van der Waals surface area contributed by atoms with Gasteiger partial charge in [0, 0.05) is 29.1 Å². The lowest BCUT2D eigenvalue weighted by Gasteiger charge is -2.07. The van der Waals surface area contributed by atoms with Crippen molar-refractivity contribution in [3.63, 3.8) is 0 Å². The number of hydrogen-bond acceptors (Lipinski definition) is 3. The summed E-state index contributed by atoms with van der Waals surface area (Å²) in [5.41, 5.74) is 0.643. The third-order valence-corrected chi connectivity index (χ3v) is 2.55. The highest BCUT2D eigenvalue weighted by Crippen LogP contribution is 2.24. The number of carbonyl (C=O) groups is 2. The molecule has 17 heavy (non-hydrogen) atoms. The maximum Gasteiger partial charge on any atom is 0.224 e. The minimum atomic E-state index is -0.180. The average Bonchev–Trinajstić information content (AvgIpc) is 2.25. The van der Waals surface area contributed by atoms with Gasteiger partial charge in [-0.2, -0.15) is 0 Å². The van der Waals surface area contributed by atoms with Gasteiger partial charge in [0.25, 0.3) is 0 Å². The Balaban J connectivity index is 2.64. The summed E-state index contributed by atoms with van der Waals surface area (Å²) in [4.78, 5) is 22.3.